The molecule has 0 N–H and O–H groups in total. The number of aryl methyl sites for hydroxylation is 1. The largest absolute Gasteiger partial charge is 0.322 e. The monoisotopic (exact) mass is 290 g/mol. The van der Waals surface area contributed by atoms with Crippen LogP contribution in [0.15, 0.2) is 36.8 Å². The maximum atomic E-state index is 13.3. The summed E-state index contributed by atoms with van der Waals surface area (Å²) in [5.41, 5.74) is 2.39. The maximum Gasteiger partial charge on any atom is 0.125 e. The van der Waals surface area contributed by atoms with Crippen LogP contribution in [0.5, 0.6) is 0 Å². The first-order chi connectivity index (χ1) is 9.78. The summed E-state index contributed by atoms with van der Waals surface area (Å²) in [7, 11) is 0. The molecule has 4 nitrogen and oxygen atoms in total. The standard InChI is InChI=1S/C14H12ClFN4/c15-5-3-14-19-12-7-10(16)1-2-13(12)20(14)8-11-4-6-17-9-18-11/h1-2,4,6-7,9H,3,5,8H2. The first-order valence-electron chi connectivity index (χ1n) is 6.23. The predicted octanol–water partition coefficient (Wildman–Crippen LogP) is 2.79. The Balaban J connectivity index is 2.09. The van der Waals surface area contributed by atoms with Gasteiger partial charge in [0.1, 0.15) is 18.0 Å². The van der Waals surface area contributed by atoms with Crippen molar-refractivity contribution in [3.8, 4) is 0 Å². The molecule has 3 rings (SSSR count). The van der Waals surface area contributed by atoms with Crippen molar-refractivity contribution >= 4 is 22.6 Å². The van der Waals surface area contributed by atoms with E-state index < -0.39 is 0 Å². The van der Waals surface area contributed by atoms with Crippen molar-refractivity contribution in [3.63, 3.8) is 0 Å². The molecule has 1 aromatic carbocycles. The van der Waals surface area contributed by atoms with Crippen LogP contribution in [0.1, 0.15) is 11.5 Å². The van der Waals surface area contributed by atoms with Crippen molar-refractivity contribution in [2.75, 3.05) is 5.88 Å². The molecule has 2 aromatic heterocycles. The molecule has 3 aromatic rings. The van der Waals surface area contributed by atoms with Gasteiger partial charge in [-0.15, -0.1) is 11.6 Å². The highest BCUT2D eigenvalue weighted by molar-refractivity contribution is 6.17. The minimum absolute atomic E-state index is 0.290. The van der Waals surface area contributed by atoms with E-state index in [-0.39, 0.29) is 5.82 Å². The smallest absolute Gasteiger partial charge is 0.125 e. The number of halogens is 2. The zero-order chi connectivity index (χ0) is 13.9. The van der Waals surface area contributed by atoms with E-state index in [1.807, 2.05) is 10.6 Å². The van der Waals surface area contributed by atoms with Gasteiger partial charge in [0.15, 0.2) is 0 Å². The van der Waals surface area contributed by atoms with Crippen molar-refractivity contribution in [3.05, 3.63) is 54.1 Å². The first kappa shape index (κ1) is 13.0. The molecule has 20 heavy (non-hydrogen) atoms. The number of hydrogen-bond donors (Lipinski definition) is 0. The van der Waals surface area contributed by atoms with E-state index in [1.165, 1.54) is 18.5 Å². The Morgan fingerprint density at radius 1 is 1.25 bits per heavy atom. The quantitative estimate of drug-likeness (QED) is 0.694. The number of rotatable bonds is 4. The van der Waals surface area contributed by atoms with Gasteiger partial charge in [0.25, 0.3) is 0 Å². The summed E-state index contributed by atoms with van der Waals surface area (Å²) in [5.74, 6) is 1.01. The minimum atomic E-state index is -0.290. The van der Waals surface area contributed by atoms with E-state index >= 15 is 0 Å². The normalized spacial score (nSPS) is 11.1. The Hall–Kier alpha value is -2.01. The summed E-state index contributed by atoms with van der Waals surface area (Å²) in [6.45, 7) is 0.566. The molecule has 0 atom stereocenters. The molecule has 0 fully saturated rings. The van der Waals surface area contributed by atoms with Crippen molar-refractivity contribution < 1.29 is 4.39 Å². The molecule has 0 aliphatic carbocycles. The fourth-order valence-electron chi connectivity index (χ4n) is 2.18. The minimum Gasteiger partial charge on any atom is -0.322 e. The maximum absolute atomic E-state index is 13.3. The van der Waals surface area contributed by atoms with Crippen LogP contribution in [0.4, 0.5) is 4.39 Å². The molecule has 0 aliphatic heterocycles. The molecule has 0 unspecified atom stereocenters. The zero-order valence-electron chi connectivity index (χ0n) is 10.6. The fraction of sp³-hybridized carbons (Fsp3) is 0.214. The molecule has 6 heteroatoms. The van der Waals surface area contributed by atoms with Crippen molar-refractivity contribution in [2.24, 2.45) is 0 Å². The summed E-state index contributed by atoms with van der Waals surface area (Å²) in [5, 5.41) is 0. The van der Waals surface area contributed by atoms with Gasteiger partial charge >= 0.3 is 0 Å². The van der Waals surface area contributed by atoms with E-state index in [9.17, 15) is 4.39 Å². The highest BCUT2D eigenvalue weighted by Gasteiger charge is 2.11. The van der Waals surface area contributed by atoms with E-state index in [0.29, 0.717) is 24.4 Å². The zero-order valence-corrected chi connectivity index (χ0v) is 11.4. The molecular weight excluding hydrogens is 279 g/mol. The van der Waals surface area contributed by atoms with E-state index in [2.05, 4.69) is 15.0 Å². The third-order valence-electron chi connectivity index (χ3n) is 3.07. The number of hydrogen-bond acceptors (Lipinski definition) is 3. The van der Waals surface area contributed by atoms with Gasteiger partial charge in [-0.25, -0.2) is 19.3 Å². The third-order valence-corrected chi connectivity index (χ3v) is 3.26. The highest BCUT2D eigenvalue weighted by atomic mass is 35.5. The van der Waals surface area contributed by atoms with Crippen LogP contribution in [0.3, 0.4) is 0 Å². The van der Waals surface area contributed by atoms with Crippen LogP contribution in [-0.4, -0.2) is 25.4 Å². The van der Waals surface area contributed by atoms with Gasteiger partial charge < -0.3 is 4.57 Å². The van der Waals surface area contributed by atoms with Crippen LogP contribution in [0.2, 0.25) is 0 Å². The summed E-state index contributed by atoms with van der Waals surface area (Å²) in [6, 6.07) is 6.45. The number of benzene rings is 1. The van der Waals surface area contributed by atoms with E-state index in [4.69, 9.17) is 11.6 Å². The lowest BCUT2D eigenvalue weighted by Crippen LogP contribution is -2.07. The fourth-order valence-corrected chi connectivity index (χ4v) is 2.35. The molecule has 0 saturated carbocycles. The van der Waals surface area contributed by atoms with Gasteiger partial charge in [-0.1, -0.05) is 0 Å². The van der Waals surface area contributed by atoms with Crippen LogP contribution in [-0.2, 0) is 13.0 Å². The van der Waals surface area contributed by atoms with Gasteiger partial charge in [0.05, 0.1) is 23.3 Å². The highest BCUT2D eigenvalue weighted by Crippen LogP contribution is 2.19. The van der Waals surface area contributed by atoms with Gasteiger partial charge in [0, 0.05) is 24.6 Å². The average molecular weight is 291 g/mol. The van der Waals surface area contributed by atoms with Crippen LogP contribution in [0.25, 0.3) is 11.0 Å². The van der Waals surface area contributed by atoms with Gasteiger partial charge in [-0.05, 0) is 18.2 Å². The third kappa shape index (κ3) is 2.49. The van der Waals surface area contributed by atoms with E-state index in [0.717, 1.165) is 17.0 Å². The molecule has 0 amide bonds. The Labute approximate surface area is 120 Å². The number of nitrogens with zero attached hydrogens (tertiary/aromatic N) is 4. The second-order valence-corrected chi connectivity index (χ2v) is 4.76. The first-order valence-corrected chi connectivity index (χ1v) is 6.77. The molecular formula is C14H12ClFN4. The predicted molar refractivity (Wildman–Crippen MR) is 75.2 cm³/mol. The molecule has 2 heterocycles. The molecule has 0 aliphatic rings. The molecule has 0 bridgehead atoms. The molecule has 0 saturated heterocycles. The SMILES string of the molecule is Fc1ccc2c(c1)nc(CCCl)n2Cc1ccncn1. The average Bonchev–Trinajstić information content (AvgIpc) is 2.77. The lowest BCUT2D eigenvalue weighted by Gasteiger charge is -2.07. The van der Waals surface area contributed by atoms with Gasteiger partial charge in [0.2, 0.25) is 0 Å². The lowest BCUT2D eigenvalue weighted by molar-refractivity contribution is 0.629. The summed E-state index contributed by atoms with van der Waals surface area (Å²) < 4.78 is 15.3. The summed E-state index contributed by atoms with van der Waals surface area (Å²) >= 11 is 5.82. The number of alkyl halides is 1. The van der Waals surface area contributed by atoms with Crippen LogP contribution < -0.4 is 0 Å². The van der Waals surface area contributed by atoms with Crippen molar-refractivity contribution in [2.45, 2.75) is 13.0 Å². The second-order valence-electron chi connectivity index (χ2n) is 4.39. The Kier molecular flexibility index (Phi) is 3.60. The molecule has 0 radical (unpaired) electrons. The molecule has 102 valence electrons. The second kappa shape index (κ2) is 5.54. The Morgan fingerprint density at radius 2 is 2.15 bits per heavy atom. The summed E-state index contributed by atoms with van der Waals surface area (Å²) in [6.07, 6.45) is 3.83. The van der Waals surface area contributed by atoms with E-state index in [1.54, 1.807) is 12.3 Å². The Morgan fingerprint density at radius 3 is 2.90 bits per heavy atom. The summed E-state index contributed by atoms with van der Waals surface area (Å²) in [4.78, 5) is 12.6. The Bertz CT molecular complexity index is 727. The number of aromatic nitrogens is 4. The van der Waals surface area contributed by atoms with Gasteiger partial charge in [-0.2, -0.15) is 0 Å². The topological polar surface area (TPSA) is 43.6 Å². The number of imidazole rings is 1. The van der Waals surface area contributed by atoms with Crippen molar-refractivity contribution in [1.29, 1.82) is 0 Å². The van der Waals surface area contributed by atoms with Crippen LogP contribution in [0, 0.1) is 5.82 Å². The lowest BCUT2D eigenvalue weighted by atomic mass is 10.3. The number of fused-ring (bicyclic) bond motifs is 1. The van der Waals surface area contributed by atoms with Gasteiger partial charge in [-0.3, -0.25) is 0 Å². The molecule has 0 spiro atoms. The van der Waals surface area contributed by atoms with Crippen LogP contribution >= 0.6 is 11.6 Å². The van der Waals surface area contributed by atoms with Crippen molar-refractivity contribution in [1.82, 2.24) is 19.5 Å².